The highest BCUT2D eigenvalue weighted by Crippen LogP contribution is 2.35. The van der Waals surface area contributed by atoms with Crippen molar-refractivity contribution in [2.24, 2.45) is 14.0 Å². The van der Waals surface area contributed by atoms with Gasteiger partial charge in [0.05, 0.1) is 41.0 Å². The average Bonchev–Trinajstić information content (AvgIpc) is 3.78. The number of imidazole rings is 1. The van der Waals surface area contributed by atoms with Crippen LogP contribution in [0.3, 0.4) is 0 Å². The van der Waals surface area contributed by atoms with Crippen LogP contribution in [0.1, 0.15) is 48.1 Å². The van der Waals surface area contributed by atoms with Gasteiger partial charge in [0.2, 0.25) is 0 Å². The first kappa shape index (κ1) is 25.0. The Morgan fingerprint density at radius 3 is 2.67 bits per heavy atom. The summed E-state index contributed by atoms with van der Waals surface area (Å²) in [7, 11) is 3.11. The van der Waals surface area contributed by atoms with Crippen molar-refractivity contribution in [3.05, 3.63) is 58.3 Å². The number of nitrogens with one attached hydrogen (secondary N) is 2. The number of methoxy groups -OCH3 is 1. The second-order valence-corrected chi connectivity index (χ2v) is 12.1. The number of fused-ring (bicyclic) bond motifs is 1. The molecule has 43 heavy (non-hydrogen) atoms. The molecule has 0 saturated heterocycles. The number of carbonyl (C=O) groups is 1. The van der Waals surface area contributed by atoms with Gasteiger partial charge in [-0.25, -0.2) is 24.5 Å². The number of amides is 1. The van der Waals surface area contributed by atoms with Gasteiger partial charge < -0.3 is 20.5 Å². The fourth-order valence-corrected chi connectivity index (χ4v) is 6.21. The average molecular weight is 607 g/mol. The molecule has 6 rings (SSSR count). The van der Waals surface area contributed by atoms with Crippen molar-refractivity contribution in [1.29, 1.82) is 0 Å². The van der Waals surface area contributed by atoms with Crippen LogP contribution in [0.15, 0.2) is 47.8 Å². The number of hydrogen-bond acceptors (Lipinski definition) is 10. The third-order valence-corrected chi connectivity index (χ3v) is 8.82. The number of nitrogens with zero attached hydrogens (tertiary/aromatic N) is 7. The lowest BCUT2D eigenvalue weighted by Crippen LogP contribution is -2.33. The predicted molar refractivity (Wildman–Crippen MR) is 163 cm³/mol. The topological polar surface area (TPSA) is 154 Å². The third kappa shape index (κ3) is 5.62. The molecule has 1 fully saturated rings. The lowest BCUT2D eigenvalue weighted by atomic mass is 10.1. The zero-order valence-electron chi connectivity index (χ0n) is 27.0. The summed E-state index contributed by atoms with van der Waals surface area (Å²) < 4.78 is 32.8. The summed E-state index contributed by atoms with van der Waals surface area (Å²) in [6, 6.07) is 4.77. The minimum Gasteiger partial charge on any atom is -0.453 e. The van der Waals surface area contributed by atoms with Gasteiger partial charge >= 0.3 is 11.8 Å². The largest absolute Gasteiger partial charge is 0.453 e. The van der Waals surface area contributed by atoms with E-state index in [2.05, 4.69) is 25.7 Å². The highest BCUT2D eigenvalue weighted by molar-refractivity contribution is 7.15. The van der Waals surface area contributed by atoms with Crippen molar-refractivity contribution in [2.45, 2.75) is 50.8 Å². The Morgan fingerprint density at radius 1 is 1.14 bits per heavy atom. The second-order valence-electron chi connectivity index (χ2n) is 11.1. The van der Waals surface area contributed by atoms with E-state index in [-0.39, 0.29) is 17.6 Å². The molecular weight excluding hydrogens is 570 g/mol. The molecule has 0 unspecified atom stereocenters. The summed E-state index contributed by atoms with van der Waals surface area (Å²) in [4.78, 5) is 39.8. The molecule has 14 heteroatoms. The molecule has 224 valence electrons. The van der Waals surface area contributed by atoms with Crippen LogP contribution in [-0.2, 0) is 24.4 Å². The van der Waals surface area contributed by atoms with Crippen molar-refractivity contribution < 1.29 is 18.8 Å². The van der Waals surface area contributed by atoms with Crippen LogP contribution in [0.2, 0.25) is 0 Å². The van der Waals surface area contributed by atoms with E-state index in [0.29, 0.717) is 52.0 Å². The molecular formula is C29H33N9O4S. The summed E-state index contributed by atoms with van der Waals surface area (Å²) in [5.41, 5.74) is 1.03. The number of aromatic nitrogens is 7. The van der Waals surface area contributed by atoms with Gasteiger partial charge in [0.15, 0.2) is 0 Å². The summed E-state index contributed by atoms with van der Waals surface area (Å²) in [5, 5.41) is 21.4. The molecule has 1 amide bonds. The normalized spacial score (nSPS) is 18.3. The molecule has 0 bridgehead atoms. The van der Waals surface area contributed by atoms with Crippen LogP contribution in [0.25, 0.3) is 32.9 Å². The van der Waals surface area contributed by atoms with Crippen LogP contribution in [0.4, 0.5) is 16.4 Å². The molecule has 3 N–H and O–H groups in total. The maximum Gasteiger partial charge on any atom is 0.407 e. The number of ether oxygens (including phenoxy) is 1. The van der Waals surface area contributed by atoms with Gasteiger partial charge in [-0.3, -0.25) is 13.8 Å². The maximum atomic E-state index is 13.6. The standard InChI is InChI=1S/C29H33N9O4S/c1-29(2,41)23-14-31-26(43-23)20-8-16(17-12-32-36(3)15-17)9-25(34-20)35-24-11-21-22(13-30-24)37(4)28(40)38(21)19-7-6-18(10-19)33-27(39)42-5/h8-9,11-15,18-19,41H,6-7,10H2,1-5H3,(H,33,39)(H,30,34,35)/t18-,19-/m1/s1/i4D3. The molecule has 0 radical (unpaired) electrons. The first-order valence-corrected chi connectivity index (χ1v) is 14.5. The molecule has 5 aromatic rings. The summed E-state index contributed by atoms with van der Waals surface area (Å²) in [6.07, 6.45) is 7.62. The number of alkyl carbamates (subject to hydrolysis) is 1. The van der Waals surface area contributed by atoms with E-state index in [1.54, 1.807) is 37.0 Å². The Hall–Kier alpha value is -4.56. The van der Waals surface area contributed by atoms with Crippen LogP contribution in [-0.4, -0.2) is 58.2 Å². The van der Waals surface area contributed by atoms with E-state index in [4.69, 9.17) is 13.8 Å². The van der Waals surface area contributed by atoms with Gasteiger partial charge in [-0.05, 0) is 50.8 Å². The van der Waals surface area contributed by atoms with E-state index in [9.17, 15) is 14.7 Å². The van der Waals surface area contributed by atoms with Crippen LogP contribution in [0.5, 0.6) is 0 Å². The van der Waals surface area contributed by atoms with Crippen molar-refractivity contribution in [2.75, 3.05) is 12.4 Å². The van der Waals surface area contributed by atoms with Gasteiger partial charge in [0.25, 0.3) is 0 Å². The molecule has 1 aliphatic rings. The zero-order chi connectivity index (χ0) is 33.0. The van der Waals surface area contributed by atoms with Crippen molar-refractivity contribution >= 4 is 40.1 Å². The molecule has 0 spiro atoms. The summed E-state index contributed by atoms with van der Waals surface area (Å²) >= 11 is 1.33. The molecule has 1 saturated carbocycles. The van der Waals surface area contributed by atoms with Gasteiger partial charge in [-0.15, -0.1) is 11.3 Å². The Labute approximate surface area is 255 Å². The number of aryl methyl sites for hydroxylation is 2. The highest BCUT2D eigenvalue weighted by atomic mass is 32.1. The van der Waals surface area contributed by atoms with Crippen LogP contribution < -0.4 is 16.3 Å². The molecule has 2 atom stereocenters. The lowest BCUT2D eigenvalue weighted by molar-refractivity contribution is 0.0823. The van der Waals surface area contributed by atoms with E-state index < -0.39 is 24.4 Å². The van der Waals surface area contributed by atoms with Gasteiger partial charge in [-0.2, -0.15) is 5.10 Å². The molecule has 5 aromatic heterocycles. The minimum atomic E-state index is -2.73. The number of rotatable bonds is 7. The zero-order valence-corrected chi connectivity index (χ0v) is 24.8. The Morgan fingerprint density at radius 2 is 1.98 bits per heavy atom. The number of aliphatic hydroxyl groups is 1. The quantitative estimate of drug-likeness (QED) is 0.249. The van der Waals surface area contributed by atoms with E-state index >= 15 is 0 Å². The van der Waals surface area contributed by atoms with E-state index in [1.165, 1.54) is 29.2 Å². The molecule has 5 heterocycles. The van der Waals surface area contributed by atoms with Crippen molar-refractivity contribution in [3.63, 3.8) is 0 Å². The first-order chi connectivity index (χ1) is 21.7. The van der Waals surface area contributed by atoms with Crippen molar-refractivity contribution in [1.82, 2.24) is 39.2 Å². The van der Waals surface area contributed by atoms with E-state index in [0.717, 1.165) is 15.7 Å². The summed E-state index contributed by atoms with van der Waals surface area (Å²) in [6.45, 7) is 0.655. The van der Waals surface area contributed by atoms with Crippen molar-refractivity contribution in [3.8, 4) is 21.8 Å². The molecule has 1 aliphatic carbocycles. The molecule has 0 aromatic carbocycles. The highest BCUT2D eigenvalue weighted by Gasteiger charge is 2.30. The van der Waals surface area contributed by atoms with Gasteiger partial charge in [-0.1, -0.05) is 0 Å². The fourth-order valence-electron chi connectivity index (χ4n) is 5.33. The SMILES string of the molecule is [2H]C([2H])([2H])n1c(=O)n([C@@H]2CC[C@@H](NC(=O)OC)C2)c2cc(Nc3cc(-c4cnn(C)c4)cc(-c4ncc(C(C)(C)O)s4)n3)ncc21. The minimum absolute atomic E-state index is 0.166. The van der Waals surface area contributed by atoms with Gasteiger partial charge in [0, 0.05) is 54.2 Å². The number of pyridine rings is 2. The first-order valence-electron chi connectivity index (χ1n) is 15.2. The number of hydrogen-bond donors (Lipinski definition) is 3. The number of thiazole rings is 1. The fraction of sp³-hybridized carbons (Fsp3) is 0.379. The Balaban J connectivity index is 1.41. The third-order valence-electron chi connectivity index (χ3n) is 7.48. The van der Waals surface area contributed by atoms with Crippen LogP contribution >= 0.6 is 11.3 Å². The summed E-state index contributed by atoms with van der Waals surface area (Å²) in [5.74, 6) is 0.764. The predicted octanol–water partition coefficient (Wildman–Crippen LogP) is 4.07. The Bertz CT molecular complexity index is 1990. The smallest absolute Gasteiger partial charge is 0.407 e. The van der Waals surface area contributed by atoms with Crippen LogP contribution in [0, 0.1) is 0 Å². The van der Waals surface area contributed by atoms with E-state index in [1.807, 2.05) is 25.4 Å². The monoisotopic (exact) mass is 606 g/mol. The van der Waals surface area contributed by atoms with Gasteiger partial charge in [0.1, 0.15) is 22.3 Å². The molecule has 0 aliphatic heterocycles. The lowest BCUT2D eigenvalue weighted by Gasteiger charge is -2.14. The molecule has 13 nitrogen and oxygen atoms in total. The number of anilines is 2. The maximum absolute atomic E-state index is 13.6. The number of carbonyl (C=O) groups excluding carboxylic acids is 1. The second kappa shape index (κ2) is 10.9. The Kier molecular flexibility index (Phi) is 6.35.